The Balaban J connectivity index is 1.75. The van der Waals surface area contributed by atoms with Gasteiger partial charge in [-0.1, -0.05) is 48.5 Å². The number of amides is 1. The molecule has 2 atom stereocenters. The molecule has 1 aromatic heterocycles. The number of carbonyl (C=O) groups is 2. The van der Waals surface area contributed by atoms with Crippen molar-refractivity contribution in [3.8, 4) is 11.5 Å². The molecule has 0 radical (unpaired) electrons. The molecule has 36 heavy (non-hydrogen) atoms. The number of para-hydroxylation sites is 2. The monoisotopic (exact) mass is 485 g/mol. The van der Waals surface area contributed by atoms with E-state index in [9.17, 15) is 14.7 Å². The van der Waals surface area contributed by atoms with E-state index in [1.807, 2.05) is 66.1 Å². The number of rotatable bonds is 7. The number of aromatic hydroxyl groups is 1. The van der Waals surface area contributed by atoms with Crippen LogP contribution in [-0.4, -0.2) is 39.7 Å². The lowest BCUT2D eigenvalue weighted by atomic mass is 9.89. The summed E-state index contributed by atoms with van der Waals surface area (Å²) in [5, 5.41) is 10.3. The molecule has 0 unspecified atom stereocenters. The number of carbonyl (C=O) groups excluding carboxylic acids is 2. The summed E-state index contributed by atoms with van der Waals surface area (Å²) in [6, 6.07) is 21.3. The Labute approximate surface area is 208 Å². The number of anilines is 1. The van der Waals surface area contributed by atoms with E-state index in [0.29, 0.717) is 23.6 Å². The number of aromatic nitrogens is 2. The van der Waals surface area contributed by atoms with Crippen LogP contribution in [-0.2, 0) is 20.9 Å². The Hall–Kier alpha value is -4.33. The molecule has 4 aromatic rings. The van der Waals surface area contributed by atoms with Crippen LogP contribution in [0.4, 0.5) is 5.95 Å². The molecule has 3 aromatic carbocycles. The van der Waals surface area contributed by atoms with E-state index in [0.717, 1.165) is 11.1 Å². The van der Waals surface area contributed by atoms with Crippen LogP contribution < -0.4 is 9.64 Å². The number of phenolic OH excluding ortho intramolecular Hbond substituents is 1. The van der Waals surface area contributed by atoms with Crippen molar-refractivity contribution in [2.24, 2.45) is 5.92 Å². The molecule has 0 bridgehead atoms. The molecule has 0 fully saturated rings. The highest BCUT2D eigenvalue weighted by atomic mass is 16.5. The van der Waals surface area contributed by atoms with Crippen molar-refractivity contribution < 1.29 is 24.2 Å². The van der Waals surface area contributed by atoms with Gasteiger partial charge in [0, 0.05) is 0 Å². The van der Waals surface area contributed by atoms with E-state index in [1.54, 1.807) is 24.0 Å². The SMILES string of the molecule is CCOC(=O)[C@H]1C(=O)N(Cc2ccccc2)c2nc3ccccc3n2[C@H]1c1ccc(O)c(OCC)c1. The standard InChI is InChI=1S/C28H27N3O5/c1-3-35-23-16-19(14-15-22(23)32)25-24(27(34)36-4-2)26(33)30(17-18-10-6-5-7-11-18)28-29-20-12-8-9-13-21(20)31(25)28/h5-16,24-25,32H,3-4,17H2,1-2H3/t24-,25+/m1/s1. The topological polar surface area (TPSA) is 93.9 Å². The van der Waals surface area contributed by atoms with E-state index in [1.165, 1.54) is 6.07 Å². The van der Waals surface area contributed by atoms with Crippen molar-refractivity contribution in [3.63, 3.8) is 0 Å². The van der Waals surface area contributed by atoms with Crippen LogP contribution in [0.5, 0.6) is 11.5 Å². The van der Waals surface area contributed by atoms with Crippen LogP contribution in [0.2, 0.25) is 0 Å². The number of nitrogens with zero attached hydrogens (tertiary/aromatic N) is 3. The Morgan fingerprint density at radius 2 is 1.75 bits per heavy atom. The Kier molecular flexibility index (Phi) is 6.33. The first-order chi connectivity index (χ1) is 17.5. The highest BCUT2D eigenvalue weighted by molar-refractivity contribution is 6.08. The maximum Gasteiger partial charge on any atom is 0.321 e. The number of hydrogen-bond donors (Lipinski definition) is 1. The average molecular weight is 486 g/mol. The average Bonchev–Trinajstić information content (AvgIpc) is 3.27. The Bertz CT molecular complexity index is 1420. The zero-order valence-corrected chi connectivity index (χ0v) is 20.1. The molecule has 1 aliphatic heterocycles. The second-order valence-corrected chi connectivity index (χ2v) is 8.52. The predicted molar refractivity (Wildman–Crippen MR) is 135 cm³/mol. The van der Waals surface area contributed by atoms with Gasteiger partial charge in [0.15, 0.2) is 17.4 Å². The summed E-state index contributed by atoms with van der Waals surface area (Å²) in [6.07, 6.45) is 0. The van der Waals surface area contributed by atoms with Crippen molar-refractivity contribution in [2.75, 3.05) is 18.1 Å². The zero-order chi connectivity index (χ0) is 25.2. The first-order valence-electron chi connectivity index (χ1n) is 12.0. The summed E-state index contributed by atoms with van der Waals surface area (Å²) >= 11 is 0. The van der Waals surface area contributed by atoms with E-state index in [-0.39, 0.29) is 24.7 Å². The quantitative estimate of drug-likeness (QED) is 0.307. The normalized spacial score (nSPS) is 17.2. The highest BCUT2D eigenvalue weighted by Crippen LogP contribution is 2.43. The van der Waals surface area contributed by atoms with Gasteiger partial charge in [0.25, 0.3) is 0 Å². The number of hydrogen-bond acceptors (Lipinski definition) is 6. The van der Waals surface area contributed by atoms with Gasteiger partial charge in [-0.15, -0.1) is 0 Å². The third-order valence-electron chi connectivity index (χ3n) is 6.29. The number of esters is 1. The summed E-state index contributed by atoms with van der Waals surface area (Å²) in [5.41, 5.74) is 3.03. The van der Waals surface area contributed by atoms with Crippen LogP contribution in [0, 0.1) is 5.92 Å². The number of ether oxygens (including phenoxy) is 2. The molecule has 1 aliphatic rings. The van der Waals surface area contributed by atoms with Gasteiger partial charge in [0.05, 0.1) is 36.8 Å². The maximum atomic E-state index is 14.0. The minimum absolute atomic E-state index is 0.0168. The van der Waals surface area contributed by atoms with Crippen LogP contribution >= 0.6 is 0 Å². The second kappa shape index (κ2) is 9.73. The lowest BCUT2D eigenvalue weighted by Gasteiger charge is -2.38. The summed E-state index contributed by atoms with van der Waals surface area (Å²) in [6.45, 7) is 4.29. The van der Waals surface area contributed by atoms with Crippen LogP contribution in [0.3, 0.4) is 0 Å². The van der Waals surface area contributed by atoms with Crippen LogP contribution in [0.1, 0.15) is 31.0 Å². The fourth-order valence-corrected chi connectivity index (χ4v) is 4.75. The number of fused-ring (bicyclic) bond motifs is 3. The molecular formula is C28H27N3O5. The zero-order valence-electron chi connectivity index (χ0n) is 20.1. The number of benzene rings is 3. The van der Waals surface area contributed by atoms with Gasteiger partial charge in [-0.05, 0) is 49.2 Å². The van der Waals surface area contributed by atoms with Crippen LogP contribution in [0.15, 0.2) is 72.8 Å². The molecule has 0 saturated carbocycles. The van der Waals surface area contributed by atoms with Crippen molar-refractivity contribution in [1.29, 1.82) is 0 Å². The second-order valence-electron chi connectivity index (χ2n) is 8.52. The van der Waals surface area contributed by atoms with E-state index >= 15 is 0 Å². The fourth-order valence-electron chi connectivity index (χ4n) is 4.75. The van der Waals surface area contributed by atoms with E-state index in [2.05, 4.69) is 0 Å². The predicted octanol–water partition coefficient (Wildman–Crippen LogP) is 4.46. The minimum Gasteiger partial charge on any atom is -0.504 e. The molecular weight excluding hydrogens is 458 g/mol. The molecule has 0 aliphatic carbocycles. The minimum atomic E-state index is -1.15. The van der Waals surface area contributed by atoms with Crippen molar-refractivity contribution in [2.45, 2.75) is 26.4 Å². The van der Waals surface area contributed by atoms with E-state index in [4.69, 9.17) is 14.5 Å². The summed E-state index contributed by atoms with van der Waals surface area (Å²) in [5.74, 6) is -1.45. The largest absolute Gasteiger partial charge is 0.504 e. The summed E-state index contributed by atoms with van der Waals surface area (Å²) in [7, 11) is 0. The van der Waals surface area contributed by atoms with Crippen molar-refractivity contribution in [1.82, 2.24) is 9.55 Å². The van der Waals surface area contributed by atoms with Gasteiger partial charge in [-0.2, -0.15) is 0 Å². The van der Waals surface area contributed by atoms with E-state index < -0.39 is 23.8 Å². The first kappa shape index (κ1) is 23.4. The molecule has 0 saturated heterocycles. The smallest absolute Gasteiger partial charge is 0.321 e. The molecule has 184 valence electrons. The number of imidazole rings is 1. The third kappa shape index (κ3) is 4.04. The van der Waals surface area contributed by atoms with Crippen molar-refractivity contribution in [3.05, 3.63) is 83.9 Å². The molecule has 8 heteroatoms. The lowest BCUT2D eigenvalue weighted by Crippen LogP contribution is -2.49. The summed E-state index contributed by atoms with van der Waals surface area (Å²) in [4.78, 5) is 33.8. The van der Waals surface area contributed by atoms with Gasteiger partial charge in [0.2, 0.25) is 11.9 Å². The molecule has 1 N–H and O–H groups in total. The van der Waals surface area contributed by atoms with Gasteiger partial charge in [-0.3, -0.25) is 14.5 Å². The fraction of sp³-hybridized carbons (Fsp3) is 0.250. The van der Waals surface area contributed by atoms with Gasteiger partial charge >= 0.3 is 5.97 Å². The van der Waals surface area contributed by atoms with Crippen molar-refractivity contribution >= 4 is 28.9 Å². The number of phenols is 1. The molecule has 0 spiro atoms. The molecule has 8 nitrogen and oxygen atoms in total. The van der Waals surface area contributed by atoms with Gasteiger partial charge in [0.1, 0.15) is 0 Å². The molecule has 1 amide bonds. The van der Waals surface area contributed by atoms with Gasteiger partial charge in [-0.25, -0.2) is 4.98 Å². The third-order valence-corrected chi connectivity index (χ3v) is 6.29. The maximum absolute atomic E-state index is 14.0. The lowest BCUT2D eigenvalue weighted by molar-refractivity contribution is -0.153. The highest BCUT2D eigenvalue weighted by Gasteiger charge is 2.48. The molecule has 5 rings (SSSR count). The first-order valence-corrected chi connectivity index (χ1v) is 12.0. The summed E-state index contributed by atoms with van der Waals surface area (Å²) < 4.78 is 12.9. The van der Waals surface area contributed by atoms with Crippen LogP contribution in [0.25, 0.3) is 11.0 Å². The molecule has 2 heterocycles. The Morgan fingerprint density at radius 1 is 1.00 bits per heavy atom. The van der Waals surface area contributed by atoms with Gasteiger partial charge < -0.3 is 19.1 Å². The Morgan fingerprint density at radius 3 is 2.50 bits per heavy atom.